The van der Waals surface area contributed by atoms with Crippen LogP contribution in [0.1, 0.15) is 37.6 Å². The summed E-state index contributed by atoms with van der Waals surface area (Å²) in [7, 11) is 0. The van der Waals surface area contributed by atoms with Crippen LogP contribution in [0.25, 0.3) is 5.65 Å². The van der Waals surface area contributed by atoms with E-state index in [0.29, 0.717) is 18.5 Å². The minimum atomic E-state index is 0.452. The van der Waals surface area contributed by atoms with Gasteiger partial charge in [-0.05, 0) is 32.9 Å². The summed E-state index contributed by atoms with van der Waals surface area (Å²) in [6, 6.07) is 4.59. The predicted molar refractivity (Wildman–Crippen MR) is 74.9 cm³/mol. The topological polar surface area (TPSA) is 59.5 Å². The van der Waals surface area contributed by atoms with E-state index in [1.807, 2.05) is 22.8 Å². The maximum Gasteiger partial charge on any atom is 0.160 e. The van der Waals surface area contributed by atoms with Gasteiger partial charge in [0, 0.05) is 36.8 Å². The van der Waals surface area contributed by atoms with Gasteiger partial charge in [0.15, 0.2) is 11.5 Å². The summed E-state index contributed by atoms with van der Waals surface area (Å²) in [6.45, 7) is 7.19. The molecule has 0 bridgehead atoms. The molecule has 3 heterocycles. The summed E-state index contributed by atoms with van der Waals surface area (Å²) in [5.74, 6) is 1.41. The third-order valence-corrected chi connectivity index (χ3v) is 3.99. The van der Waals surface area contributed by atoms with E-state index in [1.165, 1.54) is 0 Å². The Morgan fingerprint density at radius 3 is 3.00 bits per heavy atom. The molecule has 0 spiro atoms. The zero-order chi connectivity index (χ0) is 13.4. The van der Waals surface area contributed by atoms with Crippen LogP contribution in [0.5, 0.6) is 0 Å². The number of rotatable bonds is 3. The van der Waals surface area contributed by atoms with Crippen LogP contribution in [-0.2, 0) is 6.54 Å². The van der Waals surface area contributed by atoms with Crippen molar-refractivity contribution >= 4 is 5.65 Å². The first-order valence-electron chi connectivity index (χ1n) is 6.97. The summed E-state index contributed by atoms with van der Waals surface area (Å²) in [4.78, 5) is 7.19. The van der Waals surface area contributed by atoms with Gasteiger partial charge in [0.1, 0.15) is 0 Å². The van der Waals surface area contributed by atoms with Crippen LogP contribution in [0.2, 0.25) is 0 Å². The maximum atomic E-state index is 5.75. The Balaban J connectivity index is 1.90. The van der Waals surface area contributed by atoms with Gasteiger partial charge in [-0.3, -0.25) is 0 Å². The highest BCUT2D eigenvalue weighted by Gasteiger charge is 2.28. The molecule has 19 heavy (non-hydrogen) atoms. The fourth-order valence-electron chi connectivity index (χ4n) is 2.78. The molecule has 1 aliphatic rings. The lowest BCUT2D eigenvalue weighted by Crippen LogP contribution is -2.28. The highest BCUT2D eigenvalue weighted by molar-refractivity contribution is 5.47. The number of pyridine rings is 1. The molecular formula is C14H21N5. The van der Waals surface area contributed by atoms with E-state index in [-0.39, 0.29) is 0 Å². The van der Waals surface area contributed by atoms with Gasteiger partial charge in [-0.1, -0.05) is 6.07 Å². The van der Waals surface area contributed by atoms with Crippen molar-refractivity contribution in [2.24, 2.45) is 5.73 Å². The van der Waals surface area contributed by atoms with E-state index < -0.39 is 0 Å². The standard InChI is InChI=1S/C14H21N5/c1-10(2)18-7-5-12(9-18)13-16-14-11(8-15)4-3-6-19(14)17-13/h3-4,6,10,12H,5,7-9,15H2,1-2H3. The smallest absolute Gasteiger partial charge is 0.160 e. The molecule has 5 heteroatoms. The molecule has 0 aliphatic carbocycles. The van der Waals surface area contributed by atoms with Crippen molar-refractivity contribution in [3.63, 3.8) is 0 Å². The first-order valence-corrected chi connectivity index (χ1v) is 6.97. The summed E-state index contributed by atoms with van der Waals surface area (Å²) in [6.07, 6.45) is 3.09. The number of hydrogen-bond donors (Lipinski definition) is 1. The molecule has 2 aromatic heterocycles. The van der Waals surface area contributed by atoms with Gasteiger partial charge in [0.25, 0.3) is 0 Å². The fourth-order valence-corrected chi connectivity index (χ4v) is 2.78. The molecule has 1 fully saturated rings. The van der Waals surface area contributed by atoms with E-state index in [9.17, 15) is 0 Å². The quantitative estimate of drug-likeness (QED) is 0.905. The van der Waals surface area contributed by atoms with Crippen LogP contribution in [0, 0.1) is 0 Å². The number of nitrogens with two attached hydrogens (primary N) is 1. The molecule has 0 amide bonds. The largest absolute Gasteiger partial charge is 0.326 e. The molecule has 0 radical (unpaired) electrons. The molecule has 2 N–H and O–H groups in total. The summed E-state index contributed by atoms with van der Waals surface area (Å²) in [5.41, 5.74) is 7.71. The Bertz CT molecular complexity index is 574. The van der Waals surface area contributed by atoms with Crippen LogP contribution in [0.15, 0.2) is 18.3 Å². The average molecular weight is 259 g/mol. The lowest BCUT2D eigenvalue weighted by atomic mass is 10.1. The van der Waals surface area contributed by atoms with Gasteiger partial charge in [-0.25, -0.2) is 9.50 Å². The second-order valence-electron chi connectivity index (χ2n) is 5.55. The molecule has 3 rings (SSSR count). The van der Waals surface area contributed by atoms with Gasteiger partial charge < -0.3 is 10.6 Å². The lowest BCUT2D eigenvalue weighted by molar-refractivity contribution is 0.272. The summed E-state index contributed by atoms with van der Waals surface area (Å²) < 4.78 is 1.86. The number of fused-ring (bicyclic) bond motifs is 1. The molecular weight excluding hydrogens is 238 g/mol. The molecule has 1 saturated heterocycles. The predicted octanol–water partition coefficient (Wildman–Crippen LogP) is 1.39. The van der Waals surface area contributed by atoms with Crippen molar-refractivity contribution in [1.82, 2.24) is 19.5 Å². The Morgan fingerprint density at radius 2 is 2.32 bits per heavy atom. The number of aromatic nitrogens is 3. The molecule has 1 unspecified atom stereocenters. The van der Waals surface area contributed by atoms with Crippen molar-refractivity contribution < 1.29 is 0 Å². The highest BCUT2D eigenvalue weighted by Crippen LogP contribution is 2.26. The maximum absolute atomic E-state index is 5.75. The normalized spacial score (nSPS) is 20.7. The van der Waals surface area contributed by atoms with Crippen molar-refractivity contribution in [3.05, 3.63) is 29.7 Å². The third kappa shape index (κ3) is 2.24. The second kappa shape index (κ2) is 4.90. The first kappa shape index (κ1) is 12.6. The minimum absolute atomic E-state index is 0.452. The molecule has 2 aromatic rings. The minimum Gasteiger partial charge on any atom is -0.326 e. The molecule has 102 valence electrons. The van der Waals surface area contributed by atoms with Gasteiger partial charge >= 0.3 is 0 Å². The van der Waals surface area contributed by atoms with Gasteiger partial charge in [0.2, 0.25) is 0 Å². The SMILES string of the molecule is CC(C)N1CCC(c2nc3c(CN)cccn3n2)C1. The van der Waals surface area contributed by atoms with Crippen molar-refractivity contribution in [2.75, 3.05) is 13.1 Å². The van der Waals surface area contributed by atoms with Crippen LogP contribution in [0.4, 0.5) is 0 Å². The second-order valence-corrected chi connectivity index (χ2v) is 5.55. The Labute approximate surface area is 113 Å². The average Bonchev–Trinajstić information content (AvgIpc) is 3.04. The van der Waals surface area contributed by atoms with Crippen LogP contribution in [0.3, 0.4) is 0 Å². The molecule has 1 atom stereocenters. The van der Waals surface area contributed by atoms with Gasteiger partial charge in [-0.15, -0.1) is 0 Å². The first-order chi connectivity index (χ1) is 9.19. The molecule has 5 nitrogen and oxygen atoms in total. The number of likely N-dealkylation sites (tertiary alicyclic amines) is 1. The van der Waals surface area contributed by atoms with Gasteiger partial charge in [-0.2, -0.15) is 5.10 Å². The Kier molecular flexibility index (Phi) is 3.24. The third-order valence-electron chi connectivity index (χ3n) is 3.99. The van der Waals surface area contributed by atoms with Crippen LogP contribution in [-0.4, -0.2) is 38.6 Å². The van der Waals surface area contributed by atoms with Crippen LogP contribution < -0.4 is 5.73 Å². The highest BCUT2D eigenvalue weighted by atomic mass is 15.3. The van der Waals surface area contributed by atoms with E-state index in [4.69, 9.17) is 10.7 Å². The Hall–Kier alpha value is -1.46. The monoisotopic (exact) mass is 259 g/mol. The zero-order valence-corrected chi connectivity index (χ0v) is 11.6. The fraction of sp³-hybridized carbons (Fsp3) is 0.571. The lowest BCUT2D eigenvalue weighted by Gasteiger charge is -2.19. The Morgan fingerprint density at radius 1 is 1.47 bits per heavy atom. The molecule has 0 aromatic carbocycles. The van der Waals surface area contributed by atoms with Crippen molar-refractivity contribution in [2.45, 2.75) is 38.8 Å². The molecule has 0 saturated carbocycles. The van der Waals surface area contributed by atoms with Crippen LogP contribution >= 0.6 is 0 Å². The van der Waals surface area contributed by atoms with E-state index >= 15 is 0 Å². The van der Waals surface area contributed by atoms with Gasteiger partial charge in [0.05, 0.1) is 0 Å². The number of nitrogens with zero attached hydrogens (tertiary/aromatic N) is 4. The van der Waals surface area contributed by atoms with Crippen molar-refractivity contribution in [3.8, 4) is 0 Å². The van der Waals surface area contributed by atoms with E-state index in [0.717, 1.165) is 36.5 Å². The molecule has 1 aliphatic heterocycles. The summed E-state index contributed by atoms with van der Waals surface area (Å²) >= 11 is 0. The zero-order valence-electron chi connectivity index (χ0n) is 11.6. The van der Waals surface area contributed by atoms with E-state index in [1.54, 1.807) is 0 Å². The van der Waals surface area contributed by atoms with Crippen molar-refractivity contribution in [1.29, 1.82) is 0 Å². The van der Waals surface area contributed by atoms with E-state index in [2.05, 4.69) is 23.8 Å². The summed E-state index contributed by atoms with van der Waals surface area (Å²) in [5, 5.41) is 4.62. The number of hydrogen-bond acceptors (Lipinski definition) is 4.